The molecule has 1 atom stereocenters. The first kappa shape index (κ1) is 15.8. The van der Waals surface area contributed by atoms with Gasteiger partial charge in [0.05, 0.1) is 0 Å². The SMILES string of the molecule is Cl.NCCC1CCCN(Cc2ccccc2Cl)C1. The molecule has 0 aliphatic carbocycles. The molecule has 0 amide bonds. The minimum Gasteiger partial charge on any atom is -0.330 e. The summed E-state index contributed by atoms with van der Waals surface area (Å²) in [7, 11) is 0. The second-order valence-corrected chi connectivity index (χ2v) is 5.32. The molecule has 1 saturated heterocycles. The average molecular weight is 289 g/mol. The maximum absolute atomic E-state index is 6.19. The Morgan fingerprint density at radius 3 is 2.83 bits per heavy atom. The second-order valence-electron chi connectivity index (χ2n) is 4.91. The fraction of sp³-hybridized carbons (Fsp3) is 0.571. The molecule has 0 saturated carbocycles. The quantitative estimate of drug-likeness (QED) is 0.921. The van der Waals surface area contributed by atoms with Crippen LogP contribution in [0.4, 0.5) is 0 Å². The zero-order valence-corrected chi connectivity index (χ0v) is 12.2. The van der Waals surface area contributed by atoms with Crippen LogP contribution in [0, 0.1) is 5.92 Å². The van der Waals surface area contributed by atoms with Gasteiger partial charge in [-0.05, 0) is 49.9 Å². The molecule has 0 radical (unpaired) electrons. The normalized spacial score (nSPS) is 20.4. The lowest BCUT2D eigenvalue weighted by Crippen LogP contribution is -2.35. The number of nitrogens with two attached hydrogens (primary N) is 1. The molecule has 18 heavy (non-hydrogen) atoms. The van der Waals surface area contributed by atoms with E-state index in [-0.39, 0.29) is 12.4 Å². The van der Waals surface area contributed by atoms with E-state index in [1.165, 1.54) is 31.5 Å². The molecule has 4 heteroatoms. The summed E-state index contributed by atoms with van der Waals surface area (Å²) in [5, 5.41) is 0.883. The molecule has 2 N–H and O–H groups in total. The minimum atomic E-state index is 0. The maximum Gasteiger partial charge on any atom is 0.0451 e. The van der Waals surface area contributed by atoms with Gasteiger partial charge in [-0.2, -0.15) is 0 Å². The van der Waals surface area contributed by atoms with E-state index < -0.39 is 0 Å². The Hall–Kier alpha value is -0.280. The van der Waals surface area contributed by atoms with Crippen LogP contribution in [0.2, 0.25) is 5.02 Å². The fourth-order valence-corrected chi connectivity index (χ4v) is 2.83. The van der Waals surface area contributed by atoms with Gasteiger partial charge in [0.1, 0.15) is 0 Å². The van der Waals surface area contributed by atoms with E-state index in [0.717, 1.165) is 30.5 Å². The first-order chi connectivity index (χ1) is 8.29. The molecular formula is C14H22Cl2N2. The van der Waals surface area contributed by atoms with E-state index in [0.29, 0.717) is 0 Å². The molecule has 0 aromatic heterocycles. The number of rotatable bonds is 4. The van der Waals surface area contributed by atoms with Gasteiger partial charge in [0.15, 0.2) is 0 Å². The monoisotopic (exact) mass is 288 g/mol. The Morgan fingerprint density at radius 1 is 1.33 bits per heavy atom. The third kappa shape index (κ3) is 4.43. The van der Waals surface area contributed by atoms with Crippen molar-refractivity contribution in [1.82, 2.24) is 4.90 Å². The number of nitrogens with zero attached hydrogens (tertiary/aromatic N) is 1. The molecule has 1 heterocycles. The Kier molecular flexibility index (Phi) is 7.02. The molecule has 0 spiro atoms. The van der Waals surface area contributed by atoms with Crippen molar-refractivity contribution in [2.75, 3.05) is 19.6 Å². The molecule has 0 bridgehead atoms. The summed E-state index contributed by atoms with van der Waals surface area (Å²) >= 11 is 6.19. The van der Waals surface area contributed by atoms with Crippen LogP contribution in [0.3, 0.4) is 0 Å². The molecule has 102 valence electrons. The van der Waals surface area contributed by atoms with Crippen LogP contribution >= 0.6 is 24.0 Å². The van der Waals surface area contributed by atoms with E-state index >= 15 is 0 Å². The number of benzene rings is 1. The highest BCUT2D eigenvalue weighted by Gasteiger charge is 2.19. The molecule has 1 aromatic rings. The number of piperidine rings is 1. The van der Waals surface area contributed by atoms with Crippen LogP contribution in [0.5, 0.6) is 0 Å². The minimum absolute atomic E-state index is 0. The number of halogens is 2. The standard InChI is InChI=1S/C14H21ClN2.ClH/c15-14-6-2-1-5-13(14)11-17-9-3-4-12(10-17)7-8-16;/h1-2,5-6,12H,3-4,7-11,16H2;1H. The lowest BCUT2D eigenvalue weighted by Gasteiger charge is -2.32. The van der Waals surface area contributed by atoms with Gasteiger partial charge in [-0.25, -0.2) is 0 Å². The molecule has 1 aliphatic heterocycles. The molecule has 1 aromatic carbocycles. The van der Waals surface area contributed by atoms with Crippen LogP contribution < -0.4 is 5.73 Å². The van der Waals surface area contributed by atoms with E-state index in [1.54, 1.807) is 0 Å². The van der Waals surface area contributed by atoms with E-state index in [2.05, 4.69) is 17.0 Å². The van der Waals surface area contributed by atoms with Crippen LogP contribution in [0.15, 0.2) is 24.3 Å². The van der Waals surface area contributed by atoms with Crippen molar-refractivity contribution < 1.29 is 0 Å². The highest BCUT2D eigenvalue weighted by Crippen LogP contribution is 2.23. The highest BCUT2D eigenvalue weighted by molar-refractivity contribution is 6.31. The zero-order valence-electron chi connectivity index (χ0n) is 10.6. The Morgan fingerprint density at radius 2 is 2.11 bits per heavy atom. The van der Waals surface area contributed by atoms with Crippen LogP contribution in [-0.4, -0.2) is 24.5 Å². The fourth-order valence-electron chi connectivity index (χ4n) is 2.63. The van der Waals surface area contributed by atoms with Crippen molar-refractivity contribution in [3.05, 3.63) is 34.9 Å². The number of hydrogen-bond donors (Lipinski definition) is 1. The summed E-state index contributed by atoms with van der Waals surface area (Å²) < 4.78 is 0. The van der Waals surface area contributed by atoms with Crippen molar-refractivity contribution in [1.29, 1.82) is 0 Å². The first-order valence-corrected chi connectivity index (χ1v) is 6.83. The van der Waals surface area contributed by atoms with Gasteiger partial charge in [0.2, 0.25) is 0 Å². The van der Waals surface area contributed by atoms with Crippen molar-refractivity contribution in [3.63, 3.8) is 0 Å². The van der Waals surface area contributed by atoms with Crippen molar-refractivity contribution in [2.24, 2.45) is 11.7 Å². The van der Waals surface area contributed by atoms with E-state index in [9.17, 15) is 0 Å². The third-order valence-corrected chi connectivity index (χ3v) is 3.90. The second kappa shape index (κ2) is 8.00. The lowest BCUT2D eigenvalue weighted by atomic mass is 9.94. The molecular weight excluding hydrogens is 267 g/mol. The molecule has 2 rings (SSSR count). The van der Waals surface area contributed by atoms with E-state index in [1.807, 2.05) is 12.1 Å². The van der Waals surface area contributed by atoms with Crippen LogP contribution in [-0.2, 0) is 6.54 Å². The predicted octanol–water partition coefficient (Wildman–Crippen LogP) is 3.32. The van der Waals surface area contributed by atoms with Gasteiger partial charge in [-0.3, -0.25) is 4.90 Å². The number of likely N-dealkylation sites (tertiary alicyclic amines) is 1. The Bertz CT molecular complexity index is 355. The summed E-state index contributed by atoms with van der Waals surface area (Å²) in [6, 6.07) is 8.13. The summed E-state index contributed by atoms with van der Waals surface area (Å²) in [4.78, 5) is 2.50. The van der Waals surface area contributed by atoms with Crippen molar-refractivity contribution in [2.45, 2.75) is 25.8 Å². The Balaban J connectivity index is 0.00000162. The van der Waals surface area contributed by atoms with Gasteiger partial charge in [-0.1, -0.05) is 29.8 Å². The smallest absolute Gasteiger partial charge is 0.0451 e. The van der Waals surface area contributed by atoms with Gasteiger partial charge in [0, 0.05) is 18.1 Å². The summed E-state index contributed by atoms with van der Waals surface area (Å²) in [5.41, 5.74) is 6.88. The molecule has 1 unspecified atom stereocenters. The average Bonchev–Trinajstić information content (AvgIpc) is 2.33. The van der Waals surface area contributed by atoms with Crippen LogP contribution in [0.25, 0.3) is 0 Å². The van der Waals surface area contributed by atoms with Gasteiger partial charge in [0.25, 0.3) is 0 Å². The van der Waals surface area contributed by atoms with Gasteiger partial charge in [-0.15, -0.1) is 12.4 Å². The maximum atomic E-state index is 6.19. The first-order valence-electron chi connectivity index (χ1n) is 6.45. The van der Waals surface area contributed by atoms with Crippen molar-refractivity contribution >= 4 is 24.0 Å². The topological polar surface area (TPSA) is 29.3 Å². The third-order valence-electron chi connectivity index (χ3n) is 3.53. The summed E-state index contributed by atoms with van der Waals surface area (Å²) in [5.74, 6) is 0.774. The Labute approximate surface area is 121 Å². The van der Waals surface area contributed by atoms with Crippen LogP contribution in [0.1, 0.15) is 24.8 Å². The van der Waals surface area contributed by atoms with Crippen molar-refractivity contribution in [3.8, 4) is 0 Å². The highest BCUT2D eigenvalue weighted by atomic mass is 35.5. The lowest BCUT2D eigenvalue weighted by molar-refractivity contribution is 0.163. The van der Waals surface area contributed by atoms with Gasteiger partial charge < -0.3 is 5.73 Å². The zero-order chi connectivity index (χ0) is 12.1. The van der Waals surface area contributed by atoms with E-state index in [4.69, 9.17) is 17.3 Å². The van der Waals surface area contributed by atoms with Gasteiger partial charge >= 0.3 is 0 Å². The predicted molar refractivity (Wildman–Crippen MR) is 80.4 cm³/mol. The number of hydrogen-bond acceptors (Lipinski definition) is 2. The summed E-state index contributed by atoms with van der Waals surface area (Å²) in [6.07, 6.45) is 3.77. The summed E-state index contributed by atoms with van der Waals surface area (Å²) in [6.45, 7) is 4.14. The largest absolute Gasteiger partial charge is 0.330 e. The molecule has 2 nitrogen and oxygen atoms in total. The molecule has 1 fully saturated rings. The molecule has 1 aliphatic rings.